The molecule has 0 fully saturated rings. The second-order valence-electron chi connectivity index (χ2n) is 3.73. The van der Waals surface area contributed by atoms with Crippen molar-refractivity contribution in [2.24, 2.45) is 0 Å². The fourth-order valence-electron chi connectivity index (χ4n) is 1.50. The van der Waals surface area contributed by atoms with Crippen LogP contribution in [0.2, 0.25) is 0 Å². The van der Waals surface area contributed by atoms with Gasteiger partial charge in [-0.1, -0.05) is 12.1 Å². The molecule has 1 unspecified atom stereocenters. The Morgan fingerprint density at radius 1 is 1.29 bits per heavy atom. The van der Waals surface area contributed by atoms with Crippen LogP contribution in [0.4, 0.5) is 0 Å². The van der Waals surface area contributed by atoms with Crippen molar-refractivity contribution >= 4 is 17.1 Å². The topological polar surface area (TPSA) is 47.3 Å². The van der Waals surface area contributed by atoms with Crippen LogP contribution in [0.15, 0.2) is 45.7 Å². The van der Waals surface area contributed by atoms with Crippen molar-refractivity contribution in [3.63, 3.8) is 0 Å². The number of carbonyl (C=O) groups excluding carboxylic acids is 1. The Labute approximate surface area is 102 Å². The van der Waals surface area contributed by atoms with Gasteiger partial charge in [0.05, 0.1) is 16.6 Å². The van der Waals surface area contributed by atoms with Crippen molar-refractivity contribution in [1.82, 2.24) is 0 Å². The van der Waals surface area contributed by atoms with Crippen LogP contribution >= 0.6 is 0 Å². The molecule has 0 aliphatic rings. The smallest absolute Gasteiger partial charge is 0.185 e. The van der Waals surface area contributed by atoms with Crippen LogP contribution < -0.4 is 0 Å². The van der Waals surface area contributed by atoms with E-state index in [1.54, 1.807) is 12.1 Å². The molecule has 1 heterocycles. The zero-order valence-corrected chi connectivity index (χ0v) is 10.2. The number of aryl methyl sites for hydroxylation is 1. The number of aldehydes is 1. The van der Waals surface area contributed by atoms with Gasteiger partial charge in [-0.15, -0.1) is 0 Å². The predicted molar refractivity (Wildman–Crippen MR) is 65.4 cm³/mol. The monoisotopic (exact) mass is 248 g/mol. The molecule has 0 spiro atoms. The van der Waals surface area contributed by atoms with Gasteiger partial charge < -0.3 is 4.42 Å². The van der Waals surface area contributed by atoms with E-state index in [0.717, 1.165) is 10.5 Å². The fourth-order valence-corrected chi connectivity index (χ4v) is 2.63. The second kappa shape index (κ2) is 5.10. The molecule has 0 N–H and O–H groups in total. The Morgan fingerprint density at radius 3 is 2.76 bits per heavy atom. The summed E-state index contributed by atoms with van der Waals surface area (Å²) in [6.45, 7) is 1.96. The summed E-state index contributed by atoms with van der Waals surface area (Å²) in [6.07, 6.45) is 0.638. The standard InChI is InChI=1S/C13H12O3S/c1-10-3-2-4-13(7-10)17(15)9-12-6-5-11(8-14)16-12/h2-8H,9H2,1H3. The van der Waals surface area contributed by atoms with E-state index in [1.807, 2.05) is 31.2 Å². The molecule has 88 valence electrons. The van der Waals surface area contributed by atoms with E-state index in [1.165, 1.54) is 0 Å². The van der Waals surface area contributed by atoms with Gasteiger partial charge >= 0.3 is 0 Å². The van der Waals surface area contributed by atoms with Crippen molar-refractivity contribution in [3.05, 3.63) is 53.5 Å². The van der Waals surface area contributed by atoms with E-state index in [4.69, 9.17) is 4.42 Å². The van der Waals surface area contributed by atoms with Crippen LogP contribution in [0.5, 0.6) is 0 Å². The minimum Gasteiger partial charge on any atom is -0.457 e. The molecular formula is C13H12O3S. The van der Waals surface area contributed by atoms with Gasteiger partial charge in [-0.25, -0.2) is 0 Å². The highest BCUT2D eigenvalue weighted by Gasteiger charge is 2.08. The number of furan rings is 1. The van der Waals surface area contributed by atoms with E-state index in [2.05, 4.69) is 0 Å². The van der Waals surface area contributed by atoms with E-state index in [0.29, 0.717) is 12.0 Å². The van der Waals surface area contributed by atoms with Crippen LogP contribution in [0, 0.1) is 6.92 Å². The quantitative estimate of drug-likeness (QED) is 0.781. The average Bonchev–Trinajstić information content (AvgIpc) is 2.77. The summed E-state index contributed by atoms with van der Waals surface area (Å²) in [5, 5.41) is 0. The molecule has 3 nitrogen and oxygen atoms in total. The summed E-state index contributed by atoms with van der Waals surface area (Å²) in [7, 11) is -1.14. The van der Waals surface area contributed by atoms with Gasteiger partial charge in [0, 0.05) is 4.90 Å². The zero-order chi connectivity index (χ0) is 12.3. The second-order valence-corrected chi connectivity index (χ2v) is 5.18. The molecule has 4 heteroatoms. The van der Waals surface area contributed by atoms with Crippen molar-refractivity contribution in [3.8, 4) is 0 Å². The lowest BCUT2D eigenvalue weighted by atomic mass is 10.2. The number of benzene rings is 1. The van der Waals surface area contributed by atoms with Crippen LogP contribution in [0.3, 0.4) is 0 Å². The van der Waals surface area contributed by atoms with Gasteiger partial charge in [-0.2, -0.15) is 0 Å². The zero-order valence-electron chi connectivity index (χ0n) is 9.38. The molecule has 2 aromatic rings. The van der Waals surface area contributed by atoms with Crippen molar-refractivity contribution < 1.29 is 13.4 Å². The SMILES string of the molecule is Cc1cccc(S(=O)Cc2ccc(C=O)o2)c1. The minimum absolute atomic E-state index is 0.265. The fraction of sp³-hybridized carbons (Fsp3) is 0.154. The van der Waals surface area contributed by atoms with Crippen LogP contribution in [-0.2, 0) is 16.6 Å². The molecule has 0 amide bonds. The third kappa shape index (κ3) is 2.91. The number of carbonyl (C=O) groups is 1. The molecule has 17 heavy (non-hydrogen) atoms. The van der Waals surface area contributed by atoms with Gasteiger partial charge in [-0.3, -0.25) is 9.00 Å². The summed E-state index contributed by atoms with van der Waals surface area (Å²) >= 11 is 0. The summed E-state index contributed by atoms with van der Waals surface area (Å²) in [6, 6.07) is 10.8. The van der Waals surface area contributed by atoms with Gasteiger partial charge in [0.15, 0.2) is 12.0 Å². The third-order valence-electron chi connectivity index (χ3n) is 2.32. The first-order chi connectivity index (χ1) is 8.19. The summed E-state index contributed by atoms with van der Waals surface area (Å²) in [4.78, 5) is 11.2. The maximum atomic E-state index is 12.0. The van der Waals surface area contributed by atoms with E-state index in [9.17, 15) is 9.00 Å². The minimum atomic E-state index is -1.14. The van der Waals surface area contributed by atoms with Crippen LogP contribution in [0.1, 0.15) is 21.9 Å². The molecule has 1 aromatic heterocycles. The average molecular weight is 248 g/mol. The van der Waals surface area contributed by atoms with Crippen LogP contribution in [0.25, 0.3) is 0 Å². The largest absolute Gasteiger partial charge is 0.457 e. The lowest BCUT2D eigenvalue weighted by Crippen LogP contribution is -1.95. The van der Waals surface area contributed by atoms with Gasteiger partial charge in [0.2, 0.25) is 0 Å². The van der Waals surface area contributed by atoms with Crippen LogP contribution in [-0.4, -0.2) is 10.5 Å². The summed E-state index contributed by atoms with van der Waals surface area (Å²) in [5.41, 5.74) is 1.07. The van der Waals surface area contributed by atoms with Gasteiger partial charge in [0.1, 0.15) is 5.76 Å². The van der Waals surface area contributed by atoms with E-state index >= 15 is 0 Å². The maximum absolute atomic E-state index is 12.0. The lowest BCUT2D eigenvalue weighted by molar-refractivity contribution is 0.109. The Bertz CT molecular complexity index is 557. The predicted octanol–water partition coefficient (Wildman–Crippen LogP) is 2.71. The lowest BCUT2D eigenvalue weighted by Gasteiger charge is -2.01. The molecule has 0 saturated carbocycles. The molecule has 2 rings (SSSR count). The first-order valence-corrected chi connectivity index (χ1v) is 6.50. The highest BCUT2D eigenvalue weighted by atomic mass is 32.2. The van der Waals surface area contributed by atoms with Crippen molar-refractivity contribution in [1.29, 1.82) is 0 Å². The number of rotatable bonds is 4. The highest BCUT2D eigenvalue weighted by molar-refractivity contribution is 7.84. The Morgan fingerprint density at radius 2 is 2.12 bits per heavy atom. The van der Waals surface area contributed by atoms with E-state index < -0.39 is 10.8 Å². The first-order valence-electron chi connectivity index (χ1n) is 5.18. The molecule has 0 radical (unpaired) electrons. The Hall–Kier alpha value is -1.68. The van der Waals surface area contributed by atoms with Gasteiger partial charge in [-0.05, 0) is 36.8 Å². The number of hydrogen-bond donors (Lipinski definition) is 0. The molecule has 1 atom stereocenters. The molecule has 0 bridgehead atoms. The molecule has 0 aliphatic carbocycles. The Kier molecular flexibility index (Phi) is 3.54. The maximum Gasteiger partial charge on any atom is 0.185 e. The van der Waals surface area contributed by atoms with Gasteiger partial charge in [0.25, 0.3) is 0 Å². The normalized spacial score (nSPS) is 12.3. The molecule has 0 aliphatic heterocycles. The third-order valence-corrected chi connectivity index (χ3v) is 3.65. The Balaban J connectivity index is 2.14. The number of hydrogen-bond acceptors (Lipinski definition) is 3. The molecular weight excluding hydrogens is 236 g/mol. The van der Waals surface area contributed by atoms with Crippen molar-refractivity contribution in [2.75, 3.05) is 0 Å². The summed E-state index contributed by atoms with van der Waals surface area (Å²) in [5.74, 6) is 1.12. The molecule has 1 aromatic carbocycles. The van der Waals surface area contributed by atoms with Crippen molar-refractivity contribution in [2.45, 2.75) is 17.6 Å². The highest BCUT2D eigenvalue weighted by Crippen LogP contribution is 2.15. The molecule has 0 saturated heterocycles. The first kappa shape index (κ1) is 11.8. The summed E-state index contributed by atoms with van der Waals surface area (Å²) < 4.78 is 17.2. The van der Waals surface area contributed by atoms with E-state index in [-0.39, 0.29) is 11.5 Å².